The Hall–Kier alpha value is -2.06. The van der Waals surface area contributed by atoms with E-state index < -0.39 is 0 Å². The number of phenolic OH excluding ortho intramolecular Hbond substituents is 1. The second-order valence-corrected chi connectivity index (χ2v) is 6.58. The second-order valence-electron chi connectivity index (χ2n) is 4.87. The van der Waals surface area contributed by atoms with E-state index in [1.807, 2.05) is 12.1 Å². The number of halogens is 2. The third-order valence-corrected chi connectivity index (χ3v) is 4.43. The first kappa shape index (κ1) is 16.8. The van der Waals surface area contributed by atoms with Crippen LogP contribution in [0.25, 0.3) is 11.3 Å². The summed E-state index contributed by atoms with van der Waals surface area (Å²) in [7, 11) is 0. The third kappa shape index (κ3) is 4.07. The monoisotopic (exact) mass is 450 g/mol. The van der Waals surface area contributed by atoms with Gasteiger partial charge in [0.15, 0.2) is 0 Å². The summed E-state index contributed by atoms with van der Waals surface area (Å²) in [4.78, 5) is 8.14. The van der Waals surface area contributed by atoms with Crippen molar-refractivity contribution >= 4 is 31.9 Å². The fourth-order valence-corrected chi connectivity index (χ4v) is 3.17. The van der Waals surface area contributed by atoms with Crippen LogP contribution in [0.3, 0.4) is 0 Å². The topological polar surface area (TPSA) is 81.0 Å². The molecule has 1 aromatic carbocycles. The third-order valence-electron chi connectivity index (χ3n) is 3.22. The van der Waals surface area contributed by atoms with E-state index in [2.05, 4.69) is 52.0 Å². The van der Waals surface area contributed by atoms with Crippen molar-refractivity contribution in [1.29, 1.82) is 0 Å². The Morgan fingerprint density at radius 1 is 1.04 bits per heavy atom. The van der Waals surface area contributed by atoms with Crippen molar-refractivity contribution in [2.75, 3.05) is 6.61 Å². The van der Waals surface area contributed by atoms with Crippen LogP contribution in [0.2, 0.25) is 0 Å². The lowest BCUT2D eigenvalue weighted by molar-refractivity contribution is 0.292. The molecular weight excluding hydrogens is 440 g/mol. The number of hydrogen-bond acceptors (Lipinski definition) is 6. The van der Waals surface area contributed by atoms with E-state index in [0.29, 0.717) is 21.2 Å². The molecule has 0 atom stereocenters. The highest BCUT2D eigenvalue weighted by molar-refractivity contribution is 9.11. The van der Waals surface area contributed by atoms with Crippen molar-refractivity contribution < 1.29 is 9.84 Å². The van der Waals surface area contributed by atoms with E-state index in [0.717, 1.165) is 17.5 Å². The fourth-order valence-electron chi connectivity index (χ4n) is 1.99. The van der Waals surface area contributed by atoms with E-state index in [1.165, 1.54) is 0 Å². The summed E-state index contributed by atoms with van der Waals surface area (Å²) in [5.41, 5.74) is 2.49. The number of aromatic nitrogens is 4. The Morgan fingerprint density at radius 3 is 2.38 bits per heavy atom. The first-order chi connectivity index (χ1) is 11.6. The van der Waals surface area contributed by atoms with Crippen molar-refractivity contribution in [3.8, 4) is 23.0 Å². The first-order valence-corrected chi connectivity index (χ1v) is 8.62. The van der Waals surface area contributed by atoms with Crippen LogP contribution in [-0.4, -0.2) is 31.9 Å². The smallest absolute Gasteiger partial charge is 0.335 e. The Bertz CT molecular complexity index is 806. The van der Waals surface area contributed by atoms with Crippen molar-refractivity contribution in [2.45, 2.75) is 6.42 Å². The van der Waals surface area contributed by atoms with Crippen molar-refractivity contribution in [2.24, 2.45) is 0 Å². The molecule has 0 saturated carbocycles. The Balaban J connectivity index is 1.65. The Labute approximate surface area is 155 Å². The molecule has 3 rings (SSSR count). The number of benzene rings is 1. The molecule has 0 fully saturated rings. The Kier molecular flexibility index (Phi) is 5.37. The highest BCUT2D eigenvalue weighted by atomic mass is 79.9. The largest absolute Gasteiger partial charge is 0.506 e. The van der Waals surface area contributed by atoms with Gasteiger partial charge in [0, 0.05) is 24.4 Å². The predicted octanol–water partition coefficient (Wildman–Crippen LogP) is 3.79. The molecule has 0 aliphatic carbocycles. The normalized spacial score (nSPS) is 10.6. The highest BCUT2D eigenvalue weighted by Crippen LogP contribution is 2.36. The lowest BCUT2D eigenvalue weighted by Crippen LogP contribution is -2.05. The van der Waals surface area contributed by atoms with Crippen LogP contribution in [-0.2, 0) is 6.42 Å². The summed E-state index contributed by atoms with van der Waals surface area (Å²) >= 11 is 6.57. The van der Waals surface area contributed by atoms with Crippen LogP contribution < -0.4 is 4.74 Å². The molecule has 0 saturated heterocycles. The van der Waals surface area contributed by atoms with Gasteiger partial charge in [-0.2, -0.15) is 0 Å². The molecular formula is C16H12Br2N4O2. The van der Waals surface area contributed by atoms with Gasteiger partial charge in [0.1, 0.15) is 11.4 Å². The van der Waals surface area contributed by atoms with E-state index in [1.54, 1.807) is 30.7 Å². The molecule has 122 valence electrons. The second kappa shape index (κ2) is 7.67. The molecule has 0 spiro atoms. The van der Waals surface area contributed by atoms with Gasteiger partial charge in [0.25, 0.3) is 0 Å². The molecule has 2 aromatic heterocycles. The van der Waals surface area contributed by atoms with Crippen LogP contribution in [0, 0.1) is 0 Å². The molecule has 0 bridgehead atoms. The van der Waals surface area contributed by atoms with Gasteiger partial charge in [-0.1, -0.05) is 5.10 Å². The minimum atomic E-state index is 0.135. The number of nitrogens with zero attached hydrogens (tertiary/aromatic N) is 4. The van der Waals surface area contributed by atoms with Crippen LogP contribution in [0.4, 0.5) is 0 Å². The summed E-state index contributed by atoms with van der Waals surface area (Å²) in [6.45, 7) is 0.460. The molecule has 24 heavy (non-hydrogen) atoms. The minimum absolute atomic E-state index is 0.135. The van der Waals surface area contributed by atoms with Gasteiger partial charge in [0.2, 0.25) is 0 Å². The number of phenols is 1. The van der Waals surface area contributed by atoms with Gasteiger partial charge < -0.3 is 9.84 Å². The van der Waals surface area contributed by atoms with Gasteiger partial charge >= 0.3 is 6.01 Å². The SMILES string of the molecule is Oc1c(Br)cc(-c2cnc(OCCc3ccncc3)nn2)cc1Br. The van der Waals surface area contributed by atoms with Crippen molar-refractivity contribution in [3.05, 3.63) is 57.4 Å². The molecule has 3 aromatic rings. The Morgan fingerprint density at radius 2 is 1.75 bits per heavy atom. The maximum absolute atomic E-state index is 9.74. The predicted molar refractivity (Wildman–Crippen MR) is 95.8 cm³/mol. The van der Waals surface area contributed by atoms with Gasteiger partial charge in [0.05, 0.1) is 21.7 Å². The molecule has 8 heteroatoms. The molecule has 0 unspecified atom stereocenters. The molecule has 6 nitrogen and oxygen atoms in total. The van der Waals surface area contributed by atoms with Crippen LogP contribution >= 0.6 is 31.9 Å². The van der Waals surface area contributed by atoms with E-state index in [9.17, 15) is 5.11 Å². The van der Waals surface area contributed by atoms with Gasteiger partial charge in [-0.05, 0) is 61.7 Å². The molecule has 0 radical (unpaired) electrons. The first-order valence-electron chi connectivity index (χ1n) is 7.03. The van der Waals surface area contributed by atoms with Gasteiger partial charge in [-0.3, -0.25) is 4.98 Å². The van der Waals surface area contributed by atoms with Gasteiger partial charge in [-0.15, -0.1) is 5.10 Å². The zero-order chi connectivity index (χ0) is 16.9. The molecule has 0 aliphatic heterocycles. The lowest BCUT2D eigenvalue weighted by atomic mass is 10.1. The summed E-state index contributed by atoms with van der Waals surface area (Å²) in [5.74, 6) is 0.135. The zero-order valence-corrected chi connectivity index (χ0v) is 15.5. The average Bonchev–Trinajstić information content (AvgIpc) is 2.61. The number of ether oxygens (including phenoxy) is 1. The molecule has 2 heterocycles. The number of aromatic hydroxyl groups is 1. The fraction of sp³-hybridized carbons (Fsp3) is 0.125. The van der Waals surface area contributed by atoms with Crippen LogP contribution in [0.15, 0.2) is 51.8 Å². The van der Waals surface area contributed by atoms with Crippen LogP contribution in [0.5, 0.6) is 11.8 Å². The van der Waals surface area contributed by atoms with Gasteiger partial charge in [-0.25, -0.2) is 4.98 Å². The van der Waals surface area contributed by atoms with Crippen LogP contribution in [0.1, 0.15) is 5.56 Å². The number of hydrogen-bond donors (Lipinski definition) is 1. The number of pyridine rings is 1. The summed E-state index contributed by atoms with van der Waals surface area (Å²) in [6.07, 6.45) is 5.82. The summed E-state index contributed by atoms with van der Waals surface area (Å²) in [6, 6.07) is 7.59. The maximum atomic E-state index is 9.74. The quantitative estimate of drug-likeness (QED) is 0.635. The molecule has 0 amide bonds. The van der Waals surface area contributed by atoms with E-state index in [-0.39, 0.29) is 11.8 Å². The standard InChI is InChI=1S/C16H12Br2N4O2/c17-12-7-11(8-13(18)15(12)23)14-9-20-16(22-21-14)24-6-3-10-1-4-19-5-2-10/h1-2,4-5,7-9,23H,3,6H2. The molecule has 1 N–H and O–H groups in total. The minimum Gasteiger partial charge on any atom is -0.506 e. The average molecular weight is 452 g/mol. The zero-order valence-electron chi connectivity index (χ0n) is 12.4. The maximum Gasteiger partial charge on any atom is 0.335 e. The van der Waals surface area contributed by atoms with E-state index >= 15 is 0 Å². The van der Waals surface area contributed by atoms with Crippen molar-refractivity contribution in [3.63, 3.8) is 0 Å². The lowest BCUT2D eigenvalue weighted by Gasteiger charge is -2.06. The molecule has 0 aliphatic rings. The summed E-state index contributed by atoms with van der Waals surface area (Å²) in [5, 5.41) is 17.8. The summed E-state index contributed by atoms with van der Waals surface area (Å²) < 4.78 is 6.63. The highest BCUT2D eigenvalue weighted by Gasteiger charge is 2.10. The van der Waals surface area contributed by atoms with E-state index in [4.69, 9.17) is 4.74 Å². The van der Waals surface area contributed by atoms with Crippen molar-refractivity contribution in [1.82, 2.24) is 20.2 Å². The number of rotatable bonds is 5.